The summed E-state index contributed by atoms with van der Waals surface area (Å²) in [6.45, 7) is 1.50. The van der Waals surface area contributed by atoms with Crippen LogP contribution in [0.5, 0.6) is 0 Å². The number of nitrogens with zero attached hydrogens (tertiary/aromatic N) is 2. The van der Waals surface area contributed by atoms with Gasteiger partial charge in [0.1, 0.15) is 6.29 Å². The lowest BCUT2D eigenvalue weighted by molar-refractivity contribution is -0.127. The number of rotatable bonds is 3. The maximum absolute atomic E-state index is 12.5. The third-order valence-electron chi connectivity index (χ3n) is 3.41. The Morgan fingerprint density at radius 1 is 1.24 bits per heavy atom. The van der Waals surface area contributed by atoms with Gasteiger partial charge in [0.05, 0.1) is 11.4 Å². The standard InChI is InChI=1S/C12H17N2O5PS/c1-10-4-6-11(7-5-10)21(17,18)14-8-12(15)13(2)20(16,9-14)19-3/h4-7H,8-9H2,1-3H3/t20-/m1/s1. The highest BCUT2D eigenvalue weighted by molar-refractivity contribution is 7.89. The molecule has 1 saturated heterocycles. The molecule has 1 amide bonds. The molecule has 1 atom stereocenters. The Balaban J connectivity index is 2.39. The minimum absolute atomic E-state index is 0.0631. The maximum Gasteiger partial charge on any atom is 0.312 e. The number of hydrogen-bond donors (Lipinski definition) is 0. The first kappa shape index (κ1) is 16.2. The zero-order chi connectivity index (χ0) is 15.8. The Morgan fingerprint density at radius 2 is 1.81 bits per heavy atom. The third-order valence-corrected chi connectivity index (χ3v) is 7.81. The van der Waals surface area contributed by atoms with Crippen LogP contribution < -0.4 is 0 Å². The normalized spacial score (nSPS) is 24.3. The lowest BCUT2D eigenvalue weighted by Gasteiger charge is -2.36. The van der Waals surface area contributed by atoms with Gasteiger partial charge in [-0.15, -0.1) is 0 Å². The molecule has 2 rings (SSSR count). The summed E-state index contributed by atoms with van der Waals surface area (Å²) in [5.41, 5.74) is 0.922. The van der Waals surface area contributed by atoms with Gasteiger partial charge in [-0.05, 0) is 19.1 Å². The molecule has 0 unspecified atom stereocenters. The average Bonchev–Trinajstić information content (AvgIpc) is 2.44. The van der Waals surface area contributed by atoms with E-state index in [1.165, 1.54) is 26.3 Å². The van der Waals surface area contributed by atoms with Gasteiger partial charge in [0.2, 0.25) is 15.9 Å². The number of carbonyl (C=O) groups excluding carboxylic acids is 1. The molecular formula is C12H17N2O5PS. The second-order valence-electron chi connectivity index (χ2n) is 4.81. The van der Waals surface area contributed by atoms with Gasteiger partial charge in [-0.25, -0.2) is 8.42 Å². The van der Waals surface area contributed by atoms with E-state index in [1.54, 1.807) is 12.1 Å². The van der Waals surface area contributed by atoms with Crippen LogP contribution in [0.15, 0.2) is 29.2 Å². The first-order chi connectivity index (χ1) is 9.70. The van der Waals surface area contributed by atoms with E-state index in [1.807, 2.05) is 6.92 Å². The van der Waals surface area contributed by atoms with Gasteiger partial charge in [0, 0.05) is 14.2 Å². The molecule has 9 heteroatoms. The van der Waals surface area contributed by atoms with Gasteiger partial charge in [0.25, 0.3) is 0 Å². The van der Waals surface area contributed by atoms with Crippen molar-refractivity contribution in [3.05, 3.63) is 29.8 Å². The summed E-state index contributed by atoms with van der Waals surface area (Å²) < 4.78 is 44.3. The van der Waals surface area contributed by atoms with E-state index in [2.05, 4.69) is 0 Å². The Morgan fingerprint density at radius 3 is 2.33 bits per heavy atom. The summed E-state index contributed by atoms with van der Waals surface area (Å²) in [5, 5.41) is 0. The molecule has 1 aliphatic heterocycles. The predicted octanol–water partition coefficient (Wildman–Crippen LogP) is 1.25. The number of hydrogen-bond acceptors (Lipinski definition) is 5. The minimum atomic E-state index is -3.88. The Hall–Kier alpha value is -1.21. The molecule has 0 saturated carbocycles. The van der Waals surface area contributed by atoms with Crippen molar-refractivity contribution >= 4 is 23.5 Å². The molecular weight excluding hydrogens is 315 g/mol. The molecule has 0 bridgehead atoms. The number of likely N-dealkylation sites (N-methyl/N-ethyl adjacent to an activating group) is 1. The van der Waals surface area contributed by atoms with E-state index >= 15 is 0 Å². The monoisotopic (exact) mass is 332 g/mol. The first-order valence-electron chi connectivity index (χ1n) is 6.19. The van der Waals surface area contributed by atoms with E-state index in [9.17, 15) is 17.8 Å². The second kappa shape index (κ2) is 5.53. The van der Waals surface area contributed by atoms with Crippen LogP contribution in [0.3, 0.4) is 0 Å². The van der Waals surface area contributed by atoms with Gasteiger partial charge >= 0.3 is 7.52 Å². The van der Waals surface area contributed by atoms with Gasteiger partial charge in [-0.3, -0.25) is 14.0 Å². The van der Waals surface area contributed by atoms with Crippen molar-refractivity contribution in [1.29, 1.82) is 0 Å². The van der Waals surface area contributed by atoms with Crippen molar-refractivity contribution < 1.29 is 22.3 Å². The highest BCUT2D eigenvalue weighted by Crippen LogP contribution is 2.52. The third kappa shape index (κ3) is 2.89. The molecule has 0 N–H and O–H groups in total. The highest BCUT2D eigenvalue weighted by atomic mass is 32.2. The Kier molecular flexibility index (Phi) is 4.26. The van der Waals surface area contributed by atoms with Crippen LogP contribution in [0.2, 0.25) is 0 Å². The summed E-state index contributed by atoms with van der Waals surface area (Å²) in [5.74, 6) is -0.554. The van der Waals surface area contributed by atoms with Crippen molar-refractivity contribution in [2.75, 3.05) is 27.0 Å². The smallest absolute Gasteiger partial charge is 0.312 e. The van der Waals surface area contributed by atoms with E-state index in [0.717, 1.165) is 14.5 Å². The van der Waals surface area contributed by atoms with Crippen molar-refractivity contribution in [3.63, 3.8) is 0 Å². The quantitative estimate of drug-likeness (QED) is 0.778. The number of aryl methyl sites for hydroxylation is 1. The lowest BCUT2D eigenvalue weighted by Crippen LogP contribution is -2.47. The van der Waals surface area contributed by atoms with E-state index in [4.69, 9.17) is 4.52 Å². The first-order valence-corrected chi connectivity index (χ1v) is 9.39. The molecule has 1 aromatic rings. The molecule has 1 heterocycles. The molecule has 0 aliphatic carbocycles. The topological polar surface area (TPSA) is 84.0 Å². The van der Waals surface area contributed by atoms with Crippen LogP contribution in [-0.2, 0) is 23.9 Å². The summed E-state index contributed by atoms with van der Waals surface area (Å²) in [6, 6.07) is 6.26. The number of sulfonamides is 1. The molecule has 0 aromatic heterocycles. The number of benzene rings is 1. The summed E-state index contributed by atoms with van der Waals surface area (Å²) >= 11 is 0. The highest BCUT2D eigenvalue weighted by Gasteiger charge is 2.44. The Bertz CT molecular complexity index is 701. The van der Waals surface area contributed by atoms with Crippen LogP contribution in [-0.4, -0.2) is 50.3 Å². The molecule has 7 nitrogen and oxygen atoms in total. The summed E-state index contributed by atoms with van der Waals surface area (Å²) in [6.07, 6.45) is -0.345. The maximum atomic E-state index is 12.5. The van der Waals surface area contributed by atoms with Crippen LogP contribution in [0, 0.1) is 6.92 Å². The summed E-state index contributed by atoms with van der Waals surface area (Å²) in [7, 11) is -4.83. The van der Waals surface area contributed by atoms with Gasteiger partial charge in [-0.1, -0.05) is 17.7 Å². The molecule has 0 spiro atoms. The van der Waals surface area contributed by atoms with Crippen LogP contribution >= 0.6 is 7.52 Å². The van der Waals surface area contributed by atoms with E-state index in [-0.39, 0.29) is 17.7 Å². The minimum Gasteiger partial charge on any atom is -0.316 e. The SMILES string of the molecule is CO[P@]1(=O)CN(S(=O)(=O)c2ccc(C)cc2)CC(=O)N1C. The van der Waals surface area contributed by atoms with Gasteiger partial charge in [-0.2, -0.15) is 4.31 Å². The molecule has 21 heavy (non-hydrogen) atoms. The average molecular weight is 332 g/mol. The van der Waals surface area contributed by atoms with Crippen LogP contribution in [0.1, 0.15) is 5.56 Å². The van der Waals surface area contributed by atoms with Gasteiger partial charge < -0.3 is 4.52 Å². The molecule has 1 fully saturated rings. The summed E-state index contributed by atoms with van der Waals surface area (Å²) in [4.78, 5) is 11.9. The molecule has 1 aliphatic rings. The fraction of sp³-hybridized carbons (Fsp3) is 0.417. The fourth-order valence-electron chi connectivity index (χ4n) is 1.97. The molecule has 0 radical (unpaired) electrons. The predicted molar refractivity (Wildman–Crippen MR) is 77.3 cm³/mol. The second-order valence-corrected chi connectivity index (χ2v) is 9.27. The molecule has 1 aromatic carbocycles. The van der Waals surface area contributed by atoms with Crippen molar-refractivity contribution in [2.45, 2.75) is 11.8 Å². The zero-order valence-corrected chi connectivity index (χ0v) is 13.7. The van der Waals surface area contributed by atoms with Crippen LogP contribution in [0.4, 0.5) is 0 Å². The fourth-order valence-corrected chi connectivity index (χ4v) is 5.52. The molecule has 116 valence electrons. The Labute approximate surface area is 124 Å². The number of amides is 1. The number of carbonyl (C=O) groups is 1. The zero-order valence-electron chi connectivity index (χ0n) is 12.0. The van der Waals surface area contributed by atoms with E-state index in [0.29, 0.717) is 0 Å². The van der Waals surface area contributed by atoms with Crippen molar-refractivity contribution in [1.82, 2.24) is 8.98 Å². The van der Waals surface area contributed by atoms with Crippen LogP contribution in [0.25, 0.3) is 0 Å². The largest absolute Gasteiger partial charge is 0.316 e. The van der Waals surface area contributed by atoms with Crippen molar-refractivity contribution in [2.24, 2.45) is 0 Å². The van der Waals surface area contributed by atoms with Crippen molar-refractivity contribution in [3.8, 4) is 0 Å². The van der Waals surface area contributed by atoms with E-state index < -0.39 is 23.5 Å². The van der Waals surface area contributed by atoms with Gasteiger partial charge in [0.15, 0.2) is 0 Å². The lowest BCUT2D eigenvalue weighted by atomic mass is 10.2.